The number of rotatable bonds is 15. The van der Waals surface area contributed by atoms with Gasteiger partial charge in [0.15, 0.2) is 0 Å². The Bertz CT molecular complexity index is 527. The van der Waals surface area contributed by atoms with Crippen LogP contribution in [0.4, 0.5) is 0 Å². The molecule has 0 aromatic rings. The van der Waals surface area contributed by atoms with Gasteiger partial charge in [-0.2, -0.15) is 0 Å². The summed E-state index contributed by atoms with van der Waals surface area (Å²) in [6, 6.07) is 0. The summed E-state index contributed by atoms with van der Waals surface area (Å²) < 4.78 is 26.3. The molecule has 1 fully saturated rings. The molecule has 1 aliphatic carbocycles. The van der Waals surface area contributed by atoms with Crippen molar-refractivity contribution in [1.82, 2.24) is 0 Å². The van der Waals surface area contributed by atoms with Gasteiger partial charge in [0, 0.05) is 18.8 Å². The van der Waals surface area contributed by atoms with Gasteiger partial charge in [-0.05, 0) is 44.4 Å². The summed E-state index contributed by atoms with van der Waals surface area (Å²) in [5.74, 6) is -0.481. The second-order valence-electron chi connectivity index (χ2n) is 7.29. The second-order valence-corrected chi connectivity index (χ2v) is 7.29. The quantitative estimate of drug-likeness (QED) is 0.194. The van der Waals surface area contributed by atoms with Crippen LogP contribution >= 0.6 is 0 Å². The highest BCUT2D eigenvalue weighted by Crippen LogP contribution is 2.36. The monoisotopic (exact) mass is 390 g/mol. The minimum atomic E-state index is -0.578. The summed E-state index contributed by atoms with van der Waals surface area (Å²) in [5.41, 5.74) is 0. The molecule has 0 radical (unpaired) electrons. The molecule has 0 heterocycles. The molecule has 0 aromatic carbocycles. The van der Waals surface area contributed by atoms with Gasteiger partial charge in [0.25, 0.3) is 0 Å². The van der Waals surface area contributed by atoms with E-state index < -0.39 is 18.3 Å². The summed E-state index contributed by atoms with van der Waals surface area (Å²) in [7, 11) is 1.37. The average molecular weight is 391 g/mol. The highest BCUT2D eigenvalue weighted by molar-refractivity contribution is 5.69. The van der Waals surface area contributed by atoms with Gasteiger partial charge in [-0.3, -0.25) is 4.79 Å². The molecule has 1 saturated carbocycles. The smallest absolute Gasteiger partial charge is 0.305 e. The molecule has 0 amide bonds. The minimum Gasteiger partial charge on any atom is -0.469 e. The van der Waals surface area contributed by atoms with Crippen molar-refractivity contribution in [2.75, 3.05) is 7.11 Å². The van der Waals surface area contributed by atoms with E-state index in [2.05, 4.69) is 9.85 Å². The van der Waals surface area contributed by atoms with Crippen molar-refractivity contribution >= 4 is 5.97 Å². The van der Waals surface area contributed by atoms with Gasteiger partial charge in [-0.25, -0.2) is 0 Å². The van der Waals surface area contributed by atoms with Crippen molar-refractivity contribution in [2.24, 2.45) is 11.8 Å². The number of methoxy groups -OCH3 is 1. The molecule has 0 bridgehead atoms. The van der Waals surface area contributed by atoms with Crippen molar-refractivity contribution < 1.29 is 30.0 Å². The van der Waals surface area contributed by atoms with Crippen LogP contribution in [0.25, 0.3) is 0 Å². The second kappa shape index (κ2) is 13.0. The van der Waals surface area contributed by atoms with Crippen LogP contribution in [0, 0.1) is 11.8 Å². The van der Waals surface area contributed by atoms with E-state index in [0.717, 1.165) is 12.8 Å². The lowest BCUT2D eigenvalue weighted by molar-refractivity contribution is -0.140. The standard InChI is InChI=1S/C21H36O6/c1-3-15(22)10-11-16(23)12-13-18-17(19(24)14-20(18)25)8-6-4-5-7-9-21(26)27-2/h4,6,12-13,15-20,22-25H,3,5,7-11,14H2,1-2H3/b6-4-,13-12+/t15?,16?,17?,18?,19-,20-/m0/s1/i22T,23T,25T. The van der Waals surface area contributed by atoms with Crippen LogP contribution in [0.1, 0.15) is 58.3 Å². The van der Waals surface area contributed by atoms with Crippen LogP contribution < -0.4 is 0 Å². The van der Waals surface area contributed by atoms with Crippen LogP contribution in [0.5, 0.6) is 0 Å². The number of hydrogen-bond donors (Lipinski definition) is 4. The first-order chi connectivity index (χ1) is 14.5. The molecule has 4 N–H and O–H groups in total. The van der Waals surface area contributed by atoms with E-state index in [0.29, 0.717) is 38.5 Å². The zero-order chi connectivity index (χ0) is 22.4. The van der Waals surface area contributed by atoms with Crippen LogP contribution in [0.2, 0.25) is 0 Å². The topological polar surface area (TPSA) is 107 Å². The SMILES string of the molecule is [3H]OC(/C=C/C1C(C/C=C\CCCC(=O)OC)[C@@H](O)C[C@@H]1O[3H])CCC(CC)O[3H]. The van der Waals surface area contributed by atoms with Gasteiger partial charge >= 0.3 is 5.97 Å². The fourth-order valence-electron chi connectivity index (χ4n) is 3.42. The summed E-state index contributed by atoms with van der Waals surface area (Å²) in [5, 5.41) is 24.7. The zero-order valence-corrected chi connectivity index (χ0v) is 16.4. The number of hydrogen-bond acceptors (Lipinski definition) is 6. The van der Waals surface area contributed by atoms with E-state index in [1.807, 2.05) is 25.2 Å². The molecule has 0 aromatic heterocycles. The molecule has 6 atom stereocenters. The number of allylic oxidation sites excluding steroid dienone is 2. The molecule has 1 aliphatic rings. The predicted octanol–water partition coefficient (Wildman–Crippen LogP) is 2.10. The summed E-state index contributed by atoms with van der Waals surface area (Å²) in [6.07, 6.45) is 10.7. The molecule has 0 spiro atoms. The van der Waals surface area contributed by atoms with E-state index in [9.17, 15) is 9.90 Å². The molecule has 0 saturated heterocycles. The molecule has 6 nitrogen and oxygen atoms in total. The van der Waals surface area contributed by atoms with Crippen LogP contribution in [0.3, 0.4) is 0 Å². The fraction of sp³-hybridized carbons (Fsp3) is 0.762. The Balaban J connectivity index is 2.63. The first-order valence-corrected chi connectivity index (χ1v) is 9.94. The van der Waals surface area contributed by atoms with Gasteiger partial charge in [-0.1, -0.05) is 31.2 Å². The summed E-state index contributed by atoms with van der Waals surface area (Å²) >= 11 is 0. The Morgan fingerprint density at radius 2 is 2.15 bits per heavy atom. The fourth-order valence-corrected chi connectivity index (χ4v) is 3.42. The summed E-state index contributed by atoms with van der Waals surface area (Å²) in [6.45, 7) is 1.94. The van der Waals surface area contributed by atoms with E-state index in [-0.39, 0.29) is 23.9 Å². The van der Waals surface area contributed by atoms with Crippen molar-refractivity contribution in [2.45, 2.75) is 82.7 Å². The predicted molar refractivity (Wildman–Crippen MR) is 104 cm³/mol. The minimum absolute atomic E-state index is 0.0974. The van der Waals surface area contributed by atoms with E-state index in [4.69, 9.17) is 14.5 Å². The number of carbonyl (C=O) groups excluding carboxylic acids is 1. The Hall–Kier alpha value is -1.21. The lowest BCUT2D eigenvalue weighted by Gasteiger charge is -2.19. The Labute approximate surface area is 167 Å². The number of ether oxygens (including phenoxy) is 1. The number of aliphatic hydroxyl groups excluding tert-OH is 4. The third-order valence-electron chi connectivity index (χ3n) is 5.22. The number of esters is 1. The maximum absolute atomic E-state index is 11.1. The van der Waals surface area contributed by atoms with E-state index in [1.54, 1.807) is 6.08 Å². The molecule has 0 aliphatic heterocycles. The maximum Gasteiger partial charge on any atom is 0.305 e. The lowest BCUT2D eigenvalue weighted by atomic mass is 9.89. The Kier molecular flexibility index (Phi) is 9.24. The van der Waals surface area contributed by atoms with Crippen LogP contribution in [-0.4, -0.2) is 62.2 Å². The van der Waals surface area contributed by atoms with Gasteiger partial charge in [0.1, 0.15) is 0 Å². The van der Waals surface area contributed by atoms with E-state index in [1.165, 1.54) is 7.11 Å². The average Bonchev–Trinajstić information content (AvgIpc) is 3.07. The van der Waals surface area contributed by atoms with Gasteiger partial charge < -0.3 is 25.2 Å². The van der Waals surface area contributed by atoms with Crippen LogP contribution in [-0.2, 0) is 9.53 Å². The van der Waals surface area contributed by atoms with Gasteiger partial charge in [0.2, 0.25) is 4.29 Å². The highest BCUT2D eigenvalue weighted by atomic mass is 16.5. The van der Waals surface area contributed by atoms with E-state index >= 15 is 0 Å². The van der Waals surface area contributed by atoms with Crippen molar-refractivity contribution in [3.05, 3.63) is 24.3 Å². The molecular formula is C21H36O6. The molecule has 156 valence electrons. The Morgan fingerprint density at radius 1 is 1.30 bits per heavy atom. The number of aliphatic hydroxyl groups is 4. The first kappa shape index (κ1) is 19.1. The third kappa shape index (κ3) is 9.02. The van der Waals surface area contributed by atoms with Gasteiger partial charge in [0.05, 0.1) is 31.5 Å². The third-order valence-corrected chi connectivity index (χ3v) is 5.22. The number of unbranched alkanes of at least 4 members (excludes halogenated alkanes) is 1. The van der Waals surface area contributed by atoms with Crippen LogP contribution in [0.15, 0.2) is 24.3 Å². The summed E-state index contributed by atoms with van der Waals surface area (Å²) in [4.78, 5) is 11.1. The van der Waals surface area contributed by atoms with Crippen molar-refractivity contribution in [3.63, 3.8) is 0 Å². The zero-order valence-electron chi connectivity index (χ0n) is 19.4. The number of carbonyl (C=O) groups is 1. The first-order valence-electron chi connectivity index (χ1n) is 11.2. The molecule has 1 rings (SSSR count). The van der Waals surface area contributed by atoms with Crippen molar-refractivity contribution in [3.8, 4) is 0 Å². The normalized spacial score (nSPS) is 29.5. The molecule has 4 unspecified atom stereocenters. The van der Waals surface area contributed by atoms with Crippen molar-refractivity contribution in [1.29, 1.82) is 4.29 Å². The lowest BCUT2D eigenvalue weighted by Crippen LogP contribution is -2.20. The Morgan fingerprint density at radius 3 is 2.81 bits per heavy atom. The largest absolute Gasteiger partial charge is 0.469 e. The maximum atomic E-state index is 11.1. The van der Waals surface area contributed by atoms with Gasteiger partial charge in [-0.15, -0.1) is 0 Å². The molecule has 27 heavy (non-hydrogen) atoms. The molecule has 6 heteroatoms. The molecular weight excluding hydrogens is 348 g/mol. The highest BCUT2D eigenvalue weighted by Gasteiger charge is 2.39.